The van der Waals surface area contributed by atoms with Crippen LogP contribution in [0.25, 0.3) is 33.4 Å². The fourth-order valence-electron chi connectivity index (χ4n) is 9.42. The molecule has 0 fully saturated rings. The molecule has 68 heavy (non-hydrogen) atoms. The Bertz CT molecular complexity index is 3260. The van der Waals surface area contributed by atoms with Gasteiger partial charge in [0.15, 0.2) is 0 Å². The van der Waals surface area contributed by atoms with Crippen LogP contribution in [-0.4, -0.2) is 0 Å². The van der Waals surface area contributed by atoms with E-state index in [4.69, 9.17) is 0 Å². The summed E-state index contributed by atoms with van der Waals surface area (Å²) in [6.45, 7) is 10.8. The second-order valence-corrected chi connectivity index (χ2v) is 17.9. The van der Waals surface area contributed by atoms with Crippen LogP contribution in [0.5, 0.6) is 0 Å². The Hall–Kier alpha value is -8.40. The van der Waals surface area contributed by atoms with E-state index < -0.39 is 0 Å². The van der Waals surface area contributed by atoms with E-state index in [1.165, 1.54) is 38.9 Å². The lowest BCUT2D eigenvalue weighted by Crippen LogP contribution is -2.13. The quantitative estimate of drug-likeness (QED) is 0.121. The monoisotopic (exact) mass is 877 g/mol. The second kappa shape index (κ2) is 19.2. The second-order valence-electron chi connectivity index (χ2n) is 17.9. The SMILES string of the molecule is Cc1cccc(N(c2ccc(-c3cccc(-c4cccc(N(c5cccc(C)c5)c5cccc(C)c5)c4)c3N(c3ccc(-c4ccccc4)cc3)c3cccc(C)c3)cc2)c2cccc(C)c2)c1. The molecule has 0 aliphatic carbocycles. The smallest absolute Gasteiger partial charge is 0.0618 e. The van der Waals surface area contributed by atoms with E-state index in [-0.39, 0.29) is 0 Å². The Kier molecular flexibility index (Phi) is 12.3. The van der Waals surface area contributed by atoms with Gasteiger partial charge in [-0.2, -0.15) is 0 Å². The van der Waals surface area contributed by atoms with Gasteiger partial charge in [0.2, 0.25) is 0 Å². The van der Waals surface area contributed by atoms with Crippen LogP contribution in [0.2, 0.25) is 0 Å². The number of rotatable bonds is 12. The average Bonchev–Trinajstić information content (AvgIpc) is 3.35. The van der Waals surface area contributed by atoms with Crippen LogP contribution in [0.1, 0.15) is 27.8 Å². The summed E-state index contributed by atoms with van der Waals surface area (Å²) in [5.41, 5.74) is 22.8. The summed E-state index contributed by atoms with van der Waals surface area (Å²) >= 11 is 0. The molecule has 0 saturated heterocycles. The minimum Gasteiger partial charge on any atom is -0.310 e. The van der Waals surface area contributed by atoms with Gasteiger partial charge in [-0.1, -0.05) is 146 Å². The predicted molar refractivity (Wildman–Crippen MR) is 290 cm³/mol. The number of anilines is 9. The van der Waals surface area contributed by atoms with Crippen molar-refractivity contribution in [1.82, 2.24) is 0 Å². The van der Waals surface area contributed by atoms with Gasteiger partial charge < -0.3 is 14.7 Å². The van der Waals surface area contributed by atoms with Crippen LogP contribution in [0.3, 0.4) is 0 Å². The lowest BCUT2D eigenvalue weighted by atomic mass is 9.93. The highest BCUT2D eigenvalue weighted by Gasteiger charge is 2.24. The third-order valence-electron chi connectivity index (χ3n) is 12.6. The Morgan fingerprint density at radius 3 is 0.956 bits per heavy atom. The molecule has 0 saturated carbocycles. The van der Waals surface area contributed by atoms with Crippen LogP contribution in [-0.2, 0) is 0 Å². The number of nitrogens with zero attached hydrogens (tertiary/aromatic N) is 3. The number of hydrogen-bond donors (Lipinski definition) is 0. The van der Waals surface area contributed by atoms with Gasteiger partial charge >= 0.3 is 0 Å². The first-order valence-corrected chi connectivity index (χ1v) is 23.5. The zero-order valence-electron chi connectivity index (χ0n) is 39.4. The number of benzene rings is 10. The van der Waals surface area contributed by atoms with Crippen molar-refractivity contribution in [2.45, 2.75) is 34.6 Å². The van der Waals surface area contributed by atoms with Crippen LogP contribution in [0, 0.1) is 34.6 Å². The van der Waals surface area contributed by atoms with Gasteiger partial charge in [-0.25, -0.2) is 0 Å². The van der Waals surface area contributed by atoms with Crippen LogP contribution < -0.4 is 14.7 Å². The summed E-state index contributed by atoms with van der Waals surface area (Å²) in [5, 5.41) is 0. The fourth-order valence-corrected chi connectivity index (χ4v) is 9.42. The maximum atomic E-state index is 2.46. The molecule has 0 N–H and O–H groups in total. The molecule has 10 aromatic carbocycles. The maximum Gasteiger partial charge on any atom is 0.0618 e. The largest absolute Gasteiger partial charge is 0.310 e. The van der Waals surface area contributed by atoms with Crippen molar-refractivity contribution in [3.05, 3.63) is 270 Å². The van der Waals surface area contributed by atoms with Crippen molar-refractivity contribution < 1.29 is 0 Å². The van der Waals surface area contributed by atoms with E-state index in [2.05, 4.69) is 292 Å². The van der Waals surface area contributed by atoms with Gasteiger partial charge in [-0.05, 0) is 182 Å². The van der Waals surface area contributed by atoms with Gasteiger partial charge in [0.25, 0.3) is 0 Å². The highest BCUT2D eigenvalue weighted by Crippen LogP contribution is 2.49. The van der Waals surface area contributed by atoms with E-state index >= 15 is 0 Å². The first-order chi connectivity index (χ1) is 33.3. The maximum absolute atomic E-state index is 2.46. The normalized spacial score (nSPS) is 11.0. The van der Waals surface area contributed by atoms with E-state index in [1.54, 1.807) is 0 Å². The fraction of sp³-hybridized carbons (Fsp3) is 0.0769. The molecule has 0 aliphatic heterocycles. The number of para-hydroxylation sites is 1. The molecule has 330 valence electrons. The molecule has 0 aliphatic rings. The van der Waals surface area contributed by atoms with Crippen molar-refractivity contribution >= 4 is 51.2 Å². The van der Waals surface area contributed by atoms with Crippen molar-refractivity contribution in [3.8, 4) is 33.4 Å². The zero-order valence-corrected chi connectivity index (χ0v) is 39.4. The molecule has 0 radical (unpaired) electrons. The van der Waals surface area contributed by atoms with Gasteiger partial charge in [0, 0.05) is 56.6 Å². The molecule has 0 spiro atoms. The Morgan fingerprint density at radius 1 is 0.206 bits per heavy atom. The molecule has 3 heteroatoms. The molecule has 0 atom stereocenters. The predicted octanol–water partition coefficient (Wildman–Crippen LogP) is 18.6. The minimum absolute atomic E-state index is 1.07. The summed E-state index contributed by atoms with van der Waals surface area (Å²) in [5.74, 6) is 0. The van der Waals surface area contributed by atoms with Gasteiger partial charge in [0.1, 0.15) is 0 Å². The van der Waals surface area contributed by atoms with E-state index in [9.17, 15) is 0 Å². The molecule has 3 nitrogen and oxygen atoms in total. The van der Waals surface area contributed by atoms with E-state index in [0.717, 1.165) is 73.4 Å². The Labute approximate surface area is 402 Å². The highest BCUT2D eigenvalue weighted by molar-refractivity contribution is 5.99. The molecule has 0 bridgehead atoms. The molecule has 0 unspecified atom stereocenters. The summed E-state index contributed by atoms with van der Waals surface area (Å²) in [6.07, 6.45) is 0. The number of aryl methyl sites for hydroxylation is 5. The Morgan fingerprint density at radius 2 is 0.515 bits per heavy atom. The van der Waals surface area contributed by atoms with Gasteiger partial charge in [-0.15, -0.1) is 0 Å². The summed E-state index contributed by atoms with van der Waals surface area (Å²) in [7, 11) is 0. The first kappa shape index (κ1) is 43.5. The van der Waals surface area contributed by atoms with E-state index in [0.29, 0.717) is 0 Å². The first-order valence-electron chi connectivity index (χ1n) is 23.5. The van der Waals surface area contributed by atoms with Crippen LogP contribution in [0.4, 0.5) is 51.2 Å². The molecule has 0 amide bonds. The third kappa shape index (κ3) is 9.20. The zero-order chi connectivity index (χ0) is 46.6. The minimum atomic E-state index is 1.07. The van der Waals surface area contributed by atoms with Crippen LogP contribution in [0.15, 0.2) is 243 Å². The van der Waals surface area contributed by atoms with Gasteiger partial charge in [0.05, 0.1) is 5.69 Å². The Balaban J connectivity index is 1.18. The molecule has 0 aromatic heterocycles. The molecule has 0 heterocycles. The highest BCUT2D eigenvalue weighted by atomic mass is 15.2. The molecule has 10 aromatic rings. The van der Waals surface area contributed by atoms with Crippen molar-refractivity contribution in [3.63, 3.8) is 0 Å². The lowest BCUT2D eigenvalue weighted by molar-refractivity contribution is 1.25. The van der Waals surface area contributed by atoms with Crippen molar-refractivity contribution in [2.24, 2.45) is 0 Å². The molecular formula is C65H55N3. The summed E-state index contributed by atoms with van der Waals surface area (Å²) in [4.78, 5) is 7.19. The van der Waals surface area contributed by atoms with Crippen molar-refractivity contribution in [2.75, 3.05) is 14.7 Å². The molecular weight excluding hydrogens is 823 g/mol. The van der Waals surface area contributed by atoms with Crippen molar-refractivity contribution in [1.29, 1.82) is 0 Å². The summed E-state index contributed by atoms with van der Waals surface area (Å²) < 4.78 is 0. The van der Waals surface area contributed by atoms with E-state index in [1.807, 2.05) is 0 Å². The number of hydrogen-bond acceptors (Lipinski definition) is 3. The van der Waals surface area contributed by atoms with Gasteiger partial charge in [-0.3, -0.25) is 0 Å². The third-order valence-corrected chi connectivity index (χ3v) is 12.6. The molecule has 10 rings (SSSR count). The van der Waals surface area contributed by atoms with Crippen LogP contribution >= 0.6 is 0 Å². The lowest BCUT2D eigenvalue weighted by Gasteiger charge is -2.31. The standard InChI is InChI=1S/C65H55N3/c1-46-16-9-24-57(40-46)66(58-25-10-17-47(2)41-58)55-38-34-53(35-39-55)63-30-15-31-64(54-23-14-29-62(45-54)67(59-26-11-18-48(3)42-59)60-27-12-19-49(4)43-60)65(63)68(61-28-13-20-50(5)44-61)56-36-32-52(33-37-56)51-21-7-6-8-22-51/h6-45H,1-5H3. The topological polar surface area (TPSA) is 9.72 Å². The average molecular weight is 878 g/mol. The summed E-state index contributed by atoms with van der Waals surface area (Å²) in [6, 6.07) is 88.5.